The van der Waals surface area contributed by atoms with E-state index in [0.29, 0.717) is 116 Å². The minimum absolute atomic E-state index is 0.0655. The van der Waals surface area contributed by atoms with Gasteiger partial charge in [-0.2, -0.15) is 0 Å². The van der Waals surface area contributed by atoms with Crippen LogP contribution in [0.3, 0.4) is 0 Å². The normalized spacial score (nSPS) is 50.1. The van der Waals surface area contributed by atoms with Gasteiger partial charge in [-0.05, 0) is 247 Å². The van der Waals surface area contributed by atoms with Gasteiger partial charge in [0.25, 0.3) is 0 Å². The van der Waals surface area contributed by atoms with Crippen LogP contribution in [0.1, 0.15) is 216 Å². The fourth-order valence-electron chi connectivity index (χ4n) is 24.4. The van der Waals surface area contributed by atoms with Crippen molar-refractivity contribution in [1.82, 2.24) is 0 Å². The van der Waals surface area contributed by atoms with E-state index in [9.17, 15) is 29.4 Å². The Balaban J connectivity index is 0.000000118. The van der Waals surface area contributed by atoms with Gasteiger partial charge < -0.3 is 38.6 Å². The molecule has 12 fully saturated rings. The summed E-state index contributed by atoms with van der Waals surface area (Å²) in [5.41, 5.74) is 4.60. The molecule has 0 amide bonds. The van der Waals surface area contributed by atoms with Crippen molar-refractivity contribution in [3.05, 3.63) is 34.9 Å². The lowest BCUT2D eigenvalue weighted by Gasteiger charge is -2.60. The Kier molecular flexibility index (Phi) is 15.8. The molecule has 15 aliphatic rings. The van der Waals surface area contributed by atoms with Crippen molar-refractivity contribution in [2.45, 2.75) is 253 Å². The van der Waals surface area contributed by atoms with Crippen molar-refractivity contribution < 1.29 is 57.8 Å². The van der Waals surface area contributed by atoms with Crippen LogP contribution in [0.5, 0.6) is 0 Å². The average molecular weight is 1160 g/mol. The molecule has 13 unspecified atom stereocenters. The van der Waals surface area contributed by atoms with Gasteiger partial charge in [0.05, 0.1) is 44.7 Å². The molecule has 3 heterocycles. The Morgan fingerprint density at radius 1 is 0.512 bits per heavy atom. The van der Waals surface area contributed by atoms with Crippen LogP contribution in [0.2, 0.25) is 0 Å². The molecule has 0 bridgehead atoms. The lowest BCUT2D eigenvalue weighted by atomic mass is 9.46. The quantitative estimate of drug-likeness (QED) is 0.251. The number of aliphatic hydroxyl groups is 2. The molecule has 1 spiro atoms. The SMILES string of the molecule is CC(=O)C1CCC2C3C(CC[C@]12C)[C@@]1(C)CCC(=O)C=C1C[C@@H]3O.CC(=O)C1CCC2C3C(CC[C@]12C)[C@@]1(C)CCC(=O)C=C1C[C@@H]3OC1CCCCO1.CC1(C2CCC3C4C(CC[C@@]32C)[C@@]2(C)CCC3(CC2=C[C@@H]4O)OCCO3)OCCO1. The number of hydrogen-bond acceptors (Lipinski definition) is 12. The molecule has 0 aromatic carbocycles. The Labute approximate surface area is 502 Å². The molecule has 22 atom stereocenters. The number of ketones is 4. The fourth-order valence-corrected chi connectivity index (χ4v) is 24.4. The minimum atomic E-state index is -0.449. The standard InChI is InChI=1S/C26H38O4.C25H38O5.C21H30O3/c1-16(27)19-7-8-20-24-21(10-12-26(19,20)3)25(2)11-9-18(28)14-17(25)15-22(24)30-23-6-4-5-13-29-23;1-22-8-9-25(29-12-13-30-25)15-16(22)14-19(26)21-17-4-5-20(24(3)27-10-11-28-24)23(17,2)7-6-18(21)22;1-12(22)15-4-5-16-19-17(7-9-21(15,16)3)20(2)8-6-14(23)10-13(20)11-18(19)24/h14,19-24H,4-13,15H2,1-3H3;14,17-21,26H,4-13,15H2,1-3H3;10,15-19,24H,4-9,11H2,1-3H3/t19?,20?,21?,22-,23?,24?,25-,26+;17?,18?,19-,20?,21?,22-,23-;15?,16?,17?,18-,19?,20-,21+/m000/s1. The van der Waals surface area contributed by atoms with Crippen LogP contribution in [0.25, 0.3) is 0 Å². The van der Waals surface area contributed by atoms with Gasteiger partial charge in [0.1, 0.15) is 11.6 Å². The first-order valence-corrected chi connectivity index (χ1v) is 34.3. The maximum absolute atomic E-state index is 12.5. The molecule has 15 rings (SSSR count). The highest BCUT2D eigenvalue weighted by molar-refractivity contribution is 5.92. The molecule has 0 aromatic rings. The van der Waals surface area contributed by atoms with Crippen LogP contribution in [0.4, 0.5) is 0 Å². The Morgan fingerprint density at radius 2 is 1.02 bits per heavy atom. The molecule has 12 heteroatoms. The molecule has 3 aliphatic heterocycles. The van der Waals surface area contributed by atoms with E-state index in [2.05, 4.69) is 54.5 Å². The summed E-state index contributed by atoms with van der Waals surface area (Å²) in [6.45, 7) is 23.7. The van der Waals surface area contributed by atoms with Gasteiger partial charge in [0.2, 0.25) is 0 Å². The number of fused-ring (bicyclic) bond motifs is 15. The van der Waals surface area contributed by atoms with E-state index in [1.54, 1.807) is 13.8 Å². The van der Waals surface area contributed by atoms with Crippen molar-refractivity contribution in [3.63, 3.8) is 0 Å². The second-order valence-corrected chi connectivity index (χ2v) is 32.3. The van der Waals surface area contributed by atoms with Crippen molar-refractivity contribution in [1.29, 1.82) is 0 Å². The summed E-state index contributed by atoms with van der Waals surface area (Å²) < 4.78 is 37.1. The molecule has 0 aromatic heterocycles. The van der Waals surface area contributed by atoms with Crippen molar-refractivity contribution in [2.75, 3.05) is 33.0 Å². The Hall–Kier alpha value is -2.42. The van der Waals surface area contributed by atoms with Crippen molar-refractivity contribution >= 4 is 23.1 Å². The summed E-state index contributed by atoms with van der Waals surface area (Å²) >= 11 is 0. The topological polar surface area (TPSA) is 164 Å². The zero-order chi connectivity index (χ0) is 59.1. The number of carbonyl (C=O) groups is 4. The molecule has 2 N–H and O–H groups in total. The number of carbonyl (C=O) groups excluding carboxylic acids is 4. The Morgan fingerprint density at radius 3 is 1.61 bits per heavy atom. The van der Waals surface area contributed by atoms with Gasteiger partial charge in [-0.15, -0.1) is 0 Å². The van der Waals surface area contributed by atoms with Gasteiger partial charge in [0.15, 0.2) is 29.4 Å². The maximum atomic E-state index is 12.5. The van der Waals surface area contributed by atoms with E-state index in [1.807, 2.05) is 12.2 Å². The highest BCUT2D eigenvalue weighted by Crippen LogP contribution is 2.71. The summed E-state index contributed by atoms with van der Waals surface area (Å²) in [6.07, 6.45) is 29.6. The van der Waals surface area contributed by atoms with Crippen LogP contribution >= 0.6 is 0 Å². The lowest BCUT2D eigenvalue weighted by Crippen LogP contribution is -2.57. The molecule has 84 heavy (non-hydrogen) atoms. The number of aliphatic hydroxyl groups excluding tert-OH is 2. The zero-order valence-electron chi connectivity index (χ0n) is 53.0. The molecule has 12 aliphatic carbocycles. The van der Waals surface area contributed by atoms with Crippen LogP contribution in [-0.4, -0.2) is 103 Å². The van der Waals surface area contributed by atoms with Gasteiger partial charge in [-0.3, -0.25) is 19.2 Å². The molecule has 466 valence electrons. The van der Waals surface area contributed by atoms with Crippen LogP contribution in [0.15, 0.2) is 34.9 Å². The van der Waals surface area contributed by atoms with Gasteiger partial charge in [-0.25, -0.2) is 0 Å². The maximum Gasteiger partial charge on any atom is 0.172 e. The third-order valence-corrected chi connectivity index (χ3v) is 28.8. The minimum Gasteiger partial charge on any atom is -0.392 e. The van der Waals surface area contributed by atoms with E-state index >= 15 is 0 Å². The third kappa shape index (κ3) is 9.57. The summed E-state index contributed by atoms with van der Waals surface area (Å²) in [7, 11) is 0. The number of hydrogen-bond donors (Lipinski definition) is 2. The second-order valence-electron chi connectivity index (χ2n) is 32.3. The first-order valence-electron chi connectivity index (χ1n) is 34.3. The number of rotatable bonds is 5. The van der Waals surface area contributed by atoms with E-state index in [4.69, 9.17) is 28.4 Å². The Bertz CT molecular complexity index is 2670. The molecule has 0 radical (unpaired) electrons. The highest BCUT2D eigenvalue weighted by Gasteiger charge is 2.67. The van der Waals surface area contributed by atoms with Crippen LogP contribution < -0.4 is 0 Å². The summed E-state index contributed by atoms with van der Waals surface area (Å²) in [4.78, 5) is 48.8. The van der Waals surface area contributed by atoms with E-state index in [1.165, 1.54) is 36.0 Å². The number of ether oxygens (including phenoxy) is 6. The average Bonchev–Trinajstić information content (AvgIpc) is 1.59. The number of Topliss-reactive ketones (excluding diaryl/α,β-unsaturated/α-hetero) is 2. The van der Waals surface area contributed by atoms with E-state index < -0.39 is 11.6 Å². The predicted molar refractivity (Wildman–Crippen MR) is 319 cm³/mol. The second kappa shape index (κ2) is 21.9. The molecular weight excluding hydrogens is 1060 g/mol. The molecular formula is C72H106O12. The van der Waals surface area contributed by atoms with Gasteiger partial charge in [-0.1, -0.05) is 64.3 Å². The summed E-state index contributed by atoms with van der Waals surface area (Å²) in [6, 6.07) is 0. The van der Waals surface area contributed by atoms with E-state index in [0.717, 1.165) is 122 Å². The van der Waals surface area contributed by atoms with Crippen molar-refractivity contribution in [2.24, 2.45) is 104 Å². The summed E-state index contributed by atoms with van der Waals surface area (Å²) in [5.74, 6) is 5.31. The smallest absolute Gasteiger partial charge is 0.172 e. The highest BCUT2D eigenvalue weighted by atomic mass is 16.7. The van der Waals surface area contributed by atoms with Crippen molar-refractivity contribution in [3.8, 4) is 0 Å². The first-order chi connectivity index (χ1) is 39.9. The first kappa shape index (κ1) is 60.5. The van der Waals surface area contributed by atoms with E-state index in [-0.39, 0.29) is 80.5 Å². The molecule has 12 nitrogen and oxygen atoms in total. The monoisotopic (exact) mass is 1160 g/mol. The molecule has 9 saturated carbocycles. The van der Waals surface area contributed by atoms with Crippen LogP contribution in [0, 0.1) is 104 Å². The lowest BCUT2D eigenvalue weighted by molar-refractivity contribution is -0.227. The van der Waals surface area contributed by atoms with Crippen LogP contribution in [-0.2, 0) is 47.6 Å². The largest absolute Gasteiger partial charge is 0.392 e. The molecule has 3 saturated heterocycles. The summed E-state index contributed by atoms with van der Waals surface area (Å²) in [5, 5.41) is 22.4. The third-order valence-electron chi connectivity index (χ3n) is 28.8. The fraction of sp³-hybridized carbons (Fsp3) is 0.861. The van der Waals surface area contributed by atoms with Gasteiger partial charge >= 0.3 is 0 Å². The predicted octanol–water partition coefficient (Wildman–Crippen LogP) is 13.0. The van der Waals surface area contributed by atoms with Gasteiger partial charge in [0, 0.05) is 50.0 Å². The zero-order valence-corrected chi connectivity index (χ0v) is 53.0.